The number of carbonyl (C=O) groups excluding carboxylic acids is 2. The van der Waals surface area contributed by atoms with Crippen molar-refractivity contribution in [2.24, 2.45) is 0 Å². The minimum atomic E-state index is -0.424. The van der Waals surface area contributed by atoms with Gasteiger partial charge in [0.25, 0.3) is 0 Å². The molecule has 0 aromatic rings. The van der Waals surface area contributed by atoms with Crippen molar-refractivity contribution in [2.75, 3.05) is 26.2 Å². The molecule has 7 nitrogen and oxygen atoms in total. The van der Waals surface area contributed by atoms with Gasteiger partial charge >= 0.3 is 11.9 Å². The lowest BCUT2D eigenvalue weighted by molar-refractivity contribution is -0.150. The van der Waals surface area contributed by atoms with Gasteiger partial charge in [0.05, 0.1) is 12.7 Å². The van der Waals surface area contributed by atoms with Crippen molar-refractivity contribution in [3.05, 3.63) is 0 Å². The van der Waals surface area contributed by atoms with Crippen LogP contribution in [0.2, 0.25) is 0 Å². The number of unbranched alkanes of at least 4 members (excludes halogenated alkanes) is 21. The van der Waals surface area contributed by atoms with Crippen LogP contribution in [0.1, 0.15) is 240 Å². The molecule has 316 valence electrons. The molecule has 0 fully saturated rings. The fourth-order valence-corrected chi connectivity index (χ4v) is 7.34. The van der Waals surface area contributed by atoms with Crippen molar-refractivity contribution >= 4 is 11.9 Å². The molecule has 53 heavy (non-hydrogen) atoms. The summed E-state index contributed by atoms with van der Waals surface area (Å²) in [6, 6.07) is 0. The van der Waals surface area contributed by atoms with Gasteiger partial charge in [0.15, 0.2) is 0 Å². The lowest BCUT2D eigenvalue weighted by atomic mass is 10.0. The number of carbonyl (C=O) groups is 2. The Morgan fingerprint density at radius 2 is 0.849 bits per heavy atom. The van der Waals surface area contributed by atoms with Crippen molar-refractivity contribution in [3.63, 3.8) is 0 Å². The summed E-state index contributed by atoms with van der Waals surface area (Å²) < 4.78 is 11.7. The summed E-state index contributed by atoms with van der Waals surface area (Å²) in [5.74, 6) is -0.0948. The number of hydrogen-bond donors (Lipinski definition) is 2. The van der Waals surface area contributed by atoms with E-state index in [1.54, 1.807) is 0 Å². The van der Waals surface area contributed by atoms with E-state index in [1.807, 2.05) is 0 Å². The van der Waals surface area contributed by atoms with E-state index < -0.39 is 6.10 Å². The molecular formula is C46H91NO6. The van der Waals surface area contributed by atoms with Gasteiger partial charge in [-0.1, -0.05) is 156 Å². The second-order valence-corrected chi connectivity index (χ2v) is 16.1. The number of esters is 2. The molecule has 0 rings (SSSR count). The number of nitrogens with zero attached hydrogens (tertiary/aromatic N) is 1. The minimum Gasteiger partial charge on any atom is -0.462 e. The van der Waals surface area contributed by atoms with Crippen molar-refractivity contribution in [2.45, 2.75) is 258 Å². The number of aliphatic hydroxyl groups excluding tert-OH is 2. The van der Waals surface area contributed by atoms with Gasteiger partial charge in [0.2, 0.25) is 0 Å². The normalized spacial score (nSPS) is 12.8. The van der Waals surface area contributed by atoms with Gasteiger partial charge in [-0.3, -0.25) is 14.5 Å². The molecule has 0 aromatic heterocycles. The van der Waals surface area contributed by atoms with Crippen molar-refractivity contribution in [3.8, 4) is 0 Å². The molecular weight excluding hydrogens is 663 g/mol. The summed E-state index contributed by atoms with van der Waals surface area (Å²) in [5, 5.41) is 20.2. The Morgan fingerprint density at radius 3 is 1.32 bits per heavy atom. The van der Waals surface area contributed by atoms with E-state index in [9.17, 15) is 19.8 Å². The Morgan fingerprint density at radius 1 is 0.472 bits per heavy atom. The van der Waals surface area contributed by atoms with Crippen LogP contribution >= 0.6 is 0 Å². The van der Waals surface area contributed by atoms with Gasteiger partial charge in [-0.05, 0) is 77.2 Å². The van der Waals surface area contributed by atoms with Gasteiger partial charge in [0, 0.05) is 25.9 Å². The molecule has 0 aromatic carbocycles. The van der Waals surface area contributed by atoms with Crippen LogP contribution < -0.4 is 0 Å². The van der Waals surface area contributed by atoms with Crippen molar-refractivity contribution in [1.29, 1.82) is 0 Å². The number of aliphatic hydroxyl groups is 2. The molecule has 0 aliphatic heterocycles. The molecule has 0 aliphatic carbocycles. The number of rotatable bonds is 42. The van der Waals surface area contributed by atoms with E-state index in [-0.39, 0.29) is 30.8 Å². The highest BCUT2D eigenvalue weighted by molar-refractivity contribution is 5.69. The van der Waals surface area contributed by atoms with Crippen molar-refractivity contribution in [1.82, 2.24) is 4.90 Å². The van der Waals surface area contributed by atoms with E-state index >= 15 is 0 Å². The largest absolute Gasteiger partial charge is 0.462 e. The zero-order valence-electron chi connectivity index (χ0n) is 35.9. The lowest BCUT2D eigenvalue weighted by Gasteiger charge is -2.24. The highest BCUT2D eigenvalue weighted by Gasteiger charge is 2.16. The van der Waals surface area contributed by atoms with E-state index in [2.05, 4.69) is 32.6 Å². The van der Waals surface area contributed by atoms with Crippen LogP contribution in [0.25, 0.3) is 0 Å². The molecule has 0 saturated heterocycles. The van der Waals surface area contributed by atoms with Crippen LogP contribution in [0.15, 0.2) is 0 Å². The first-order chi connectivity index (χ1) is 25.9. The maximum Gasteiger partial charge on any atom is 0.306 e. The van der Waals surface area contributed by atoms with E-state index in [0.29, 0.717) is 32.4 Å². The maximum atomic E-state index is 12.7. The quantitative estimate of drug-likeness (QED) is 0.0473. The fraction of sp³-hybridized carbons (Fsp3) is 0.957. The van der Waals surface area contributed by atoms with Crippen LogP contribution in [0, 0.1) is 0 Å². The summed E-state index contributed by atoms with van der Waals surface area (Å²) in [4.78, 5) is 27.2. The molecule has 0 saturated carbocycles. The highest BCUT2D eigenvalue weighted by Crippen LogP contribution is 2.19. The molecule has 2 N–H and O–H groups in total. The van der Waals surface area contributed by atoms with Crippen LogP contribution in [-0.2, 0) is 19.1 Å². The maximum absolute atomic E-state index is 12.7. The third kappa shape index (κ3) is 36.2. The Kier molecular flexibility index (Phi) is 39.6. The first-order valence-corrected chi connectivity index (χ1v) is 23.3. The zero-order valence-corrected chi connectivity index (χ0v) is 35.9. The summed E-state index contributed by atoms with van der Waals surface area (Å²) in [7, 11) is 0. The summed E-state index contributed by atoms with van der Waals surface area (Å²) in [6.07, 6.45) is 35.8. The van der Waals surface area contributed by atoms with Crippen LogP contribution in [0.5, 0.6) is 0 Å². The molecule has 7 heteroatoms. The topological polar surface area (TPSA) is 96.3 Å². The molecule has 0 aliphatic rings. The smallest absolute Gasteiger partial charge is 0.306 e. The Bertz CT molecular complexity index is 763. The summed E-state index contributed by atoms with van der Waals surface area (Å²) in [5.41, 5.74) is 0. The van der Waals surface area contributed by atoms with Crippen LogP contribution in [-0.4, -0.2) is 71.6 Å². The monoisotopic (exact) mass is 754 g/mol. The molecule has 2 atom stereocenters. The highest BCUT2D eigenvalue weighted by atomic mass is 16.5. The second kappa shape index (κ2) is 40.5. The second-order valence-electron chi connectivity index (χ2n) is 16.1. The average molecular weight is 754 g/mol. The predicted octanol–water partition coefficient (Wildman–Crippen LogP) is 12.4. The first-order valence-electron chi connectivity index (χ1n) is 23.3. The SMILES string of the molecule is CCCCCCCCC(CC)OC(=O)CCCCCC(O)CN(CCO)CCCCCCCC(=O)OC(CCCCCCCC)CCCCCCCC. The van der Waals surface area contributed by atoms with Crippen LogP contribution in [0.4, 0.5) is 0 Å². The Balaban J connectivity index is 4.15. The lowest BCUT2D eigenvalue weighted by Crippen LogP contribution is -2.35. The Hall–Kier alpha value is -1.18. The van der Waals surface area contributed by atoms with E-state index in [4.69, 9.17) is 9.47 Å². The number of ether oxygens (including phenoxy) is 2. The fourth-order valence-electron chi connectivity index (χ4n) is 7.34. The summed E-state index contributed by atoms with van der Waals surface area (Å²) in [6.45, 7) is 10.9. The molecule has 0 bridgehead atoms. The average Bonchev–Trinajstić information content (AvgIpc) is 3.14. The predicted molar refractivity (Wildman–Crippen MR) is 224 cm³/mol. The zero-order chi connectivity index (χ0) is 39.0. The molecule has 0 heterocycles. The van der Waals surface area contributed by atoms with E-state index in [1.165, 1.54) is 109 Å². The van der Waals surface area contributed by atoms with Gasteiger partial charge in [-0.25, -0.2) is 0 Å². The van der Waals surface area contributed by atoms with Gasteiger partial charge in [0.1, 0.15) is 12.2 Å². The molecule has 0 spiro atoms. The third-order valence-corrected chi connectivity index (χ3v) is 10.8. The van der Waals surface area contributed by atoms with Gasteiger partial charge in [-0.2, -0.15) is 0 Å². The Labute approximate surface area is 329 Å². The van der Waals surface area contributed by atoms with Gasteiger partial charge in [-0.15, -0.1) is 0 Å². The summed E-state index contributed by atoms with van der Waals surface area (Å²) >= 11 is 0. The van der Waals surface area contributed by atoms with E-state index in [0.717, 1.165) is 90.0 Å². The molecule has 0 amide bonds. The van der Waals surface area contributed by atoms with Crippen LogP contribution in [0.3, 0.4) is 0 Å². The number of hydrogen-bond acceptors (Lipinski definition) is 7. The molecule has 2 unspecified atom stereocenters. The first kappa shape index (κ1) is 51.8. The van der Waals surface area contributed by atoms with Crippen molar-refractivity contribution < 1.29 is 29.3 Å². The van der Waals surface area contributed by atoms with Gasteiger partial charge < -0.3 is 19.7 Å². The minimum absolute atomic E-state index is 0.0149. The third-order valence-electron chi connectivity index (χ3n) is 10.8. The standard InChI is InChI=1S/C46H91NO6/c1-5-9-12-15-19-26-33-43(8-4)52-45(50)37-30-24-25-32-42(49)41-47(39-40-48)38-31-23-18-22-29-36-46(51)53-44(34-27-20-16-13-10-6-2)35-28-21-17-14-11-7-3/h42-44,48-49H,5-41H2,1-4H3. The molecule has 0 radical (unpaired) electrons.